The number of likely N-dealkylation sites (tertiary alicyclic amines) is 1. The largest absolute Gasteiger partial charge is 0.494 e. The molecule has 9 nitrogen and oxygen atoms in total. The van der Waals surface area contributed by atoms with Crippen molar-refractivity contribution in [2.75, 3.05) is 37.2 Å². The van der Waals surface area contributed by atoms with Crippen LogP contribution < -0.4 is 10.1 Å². The second-order valence-corrected chi connectivity index (χ2v) is 11.8. The Balaban J connectivity index is 2.00. The smallest absolute Gasteiger partial charge is 0.324 e. The minimum atomic E-state index is -3.41. The Kier molecular flexibility index (Phi) is 7.75. The first-order valence-electron chi connectivity index (χ1n) is 10.8. The van der Waals surface area contributed by atoms with Gasteiger partial charge in [0.15, 0.2) is 0 Å². The number of rotatable bonds is 11. The van der Waals surface area contributed by atoms with Gasteiger partial charge in [0.2, 0.25) is 11.8 Å². The first-order chi connectivity index (χ1) is 15.6. The van der Waals surface area contributed by atoms with Crippen LogP contribution in [0.15, 0.2) is 24.3 Å². The van der Waals surface area contributed by atoms with Crippen molar-refractivity contribution in [1.82, 2.24) is 10.2 Å². The van der Waals surface area contributed by atoms with Crippen LogP contribution in [0, 0.1) is 11.8 Å². The summed E-state index contributed by atoms with van der Waals surface area (Å²) in [6.07, 6.45) is 3.88. The van der Waals surface area contributed by atoms with Gasteiger partial charge in [-0.2, -0.15) is 11.8 Å². The van der Waals surface area contributed by atoms with E-state index in [-0.39, 0.29) is 18.7 Å². The third kappa shape index (κ3) is 5.04. The van der Waals surface area contributed by atoms with Gasteiger partial charge in [-0.05, 0) is 42.5 Å². The number of imide groups is 1. The van der Waals surface area contributed by atoms with E-state index >= 15 is 0 Å². The third-order valence-electron chi connectivity index (χ3n) is 6.23. The van der Waals surface area contributed by atoms with Crippen molar-refractivity contribution in [2.45, 2.75) is 31.3 Å². The number of benzene rings is 1. The second kappa shape index (κ2) is 10.0. The van der Waals surface area contributed by atoms with E-state index in [9.17, 15) is 27.9 Å². The Morgan fingerprint density at radius 2 is 1.91 bits per heavy atom. The predicted octanol–water partition coefficient (Wildman–Crippen LogP) is 1.34. The zero-order valence-electron chi connectivity index (χ0n) is 18.9. The van der Waals surface area contributed by atoms with Gasteiger partial charge in [0, 0.05) is 18.8 Å². The van der Waals surface area contributed by atoms with E-state index < -0.39 is 51.0 Å². The van der Waals surface area contributed by atoms with Crippen molar-refractivity contribution in [3.05, 3.63) is 29.8 Å². The van der Waals surface area contributed by atoms with E-state index in [1.165, 1.54) is 11.8 Å². The molecule has 0 aromatic heterocycles. The van der Waals surface area contributed by atoms with Gasteiger partial charge in [-0.15, -0.1) is 0 Å². The molecule has 0 aliphatic carbocycles. The van der Waals surface area contributed by atoms with Crippen molar-refractivity contribution in [3.63, 3.8) is 0 Å². The molecule has 2 aliphatic heterocycles. The van der Waals surface area contributed by atoms with Gasteiger partial charge < -0.3 is 9.84 Å². The maximum absolute atomic E-state index is 13.3. The average Bonchev–Trinajstić information content (AvgIpc) is 3.23. The second-order valence-electron chi connectivity index (χ2n) is 8.52. The van der Waals surface area contributed by atoms with Crippen molar-refractivity contribution < 1.29 is 32.6 Å². The number of sulfone groups is 1. The number of aliphatic carboxylic acids is 1. The van der Waals surface area contributed by atoms with E-state index in [0.717, 1.165) is 17.6 Å². The van der Waals surface area contributed by atoms with E-state index in [1.807, 2.05) is 13.2 Å². The number of hydrogen-bond donors (Lipinski definition) is 2. The first-order valence-corrected chi connectivity index (χ1v) is 14.3. The molecular formula is C22H30N2O7S2. The molecule has 4 atom stereocenters. The summed E-state index contributed by atoms with van der Waals surface area (Å²) in [5, 5.41) is 13.4. The number of amides is 2. The minimum absolute atomic E-state index is 0.151. The van der Waals surface area contributed by atoms with Gasteiger partial charge in [-0.1, -0.05) is 19.1 Å². The number of fused-ring (bicyclic) bond motifs is 1. The topological polar surface area (TPSA) is 130 Å². The van der Waals surface area contributed by atoms with Crippen molar-refractivity contribution in [2.24, 2.45) is 11.8 Å². The van der Waals surface area contributed by atoms with E-state index in [4.69, 9.17) is 4.74 Å². The van der Waals surface area contributed by atoms with Gasteiger partial charge in [0.1, 0.15) is 21.1 Å². The highest BCUT2D eigenvalue weighted by Crippen LogP contribution is 2.50. The molecule has 2 N–H and O–H groups in total. The molecule has 0 spiro atoms. The summed E-state index contributed by atoms with van der Waals surface area (Å²) in [4.78, 5) is 40.1. The summed E-state index contributed by atoms with van der Waals surface area (Å²) >= 11 is 1.45. The number of carbonyl (C=O) groups is 3. The van der Waals surface area contributed by atoms with Gasteiger partial charge in [-0.25, -0.2) is 8.42 Å². The molecule has 182 valence electrons. The summed E-state index contributed by atoms with van der Waals surface area (Å²) in [5.41, 5.74) is -0.949. The molecule has 2 saturated heterocycles. The minimum Gasteiger partial charge on any atom is -0.494 e. The van der Waals surface area contributed by atoms with Crippen LogP contribution in [0.2, 0.25) is 0 Å². The molecule has 2 amide bonds. The van der Waals surface area contributed by atoms with Crippen molar-refractivity contribution >= 4 is 39.4 Å². The Bertz CT molecular complexity index is 1010. The Labute approximate surface area is 198 Å². The monoisotopic (exact) mass is 498 g/mol. The first kappa shape index (κ1) is 25.5. The maximum Gasteiger partial charge on any atom is 0.324 e. The van der Waals surface area contributed by atoms with Crippen LogP contribution in [-0.4, -0.2) is 78.9 Å². The highest BCUT2D eigenvalue weighted by Gasteiger charge is 2.68. The number of nitrogens with zero attached hydrogens (tertiary/aromatic N) is 1. The standard InChI is InChI=1S/C22H30N2O7S2/c1-4-11-31-15-7-5-14(6-8-15)18-16-17(22(23-18,21(27)28)9-12-32-2)20(26)24(19(16)25)10-13-33(3,29)30/h5-8,16-18,23H,4,9-13H2,1-3H3,(H,27,28). The lowest BCUT2D eigenvalue weighted by atomic mass is 9.78. The fraction of sp³-hybridized carbons (Fsp3) is 0.591. The Hall–Kier alpha value is -2.11. The van der Waals surface area contributed by atoms with Crippen molar-refractivity contribution in [1.29, 1.82) is 0 Å². The van der Waals surface area contributed by atoms with Crippen LogP contribution in [0.4, 0.5) is 0 Å². The van der Waals surface area contributed by atoms with Crippen LogP contribution in [0.25, 0.3) is 0 Å². The summed E-state index contributed by atoms with van der Waals surface area (Å²) < 4.78 is 28.9. The van der Waals surface area contributed by atoms with Crippen LogP contribution in [0.3, 0.4) is 0 Å². The van der Waals surface area contributed by atoms with Gasteiger partial charge in [-0.3, -0.25) is 24.6 Å². The van der Waals surface area contributed by atoms with E-state index in [1.54, 1.807) is 24.3 Å². The van der Waals surface area contributed by atoms with Gasteiger partial charge in [0.25, 0.3) is 0 Å². The third-order valence-corrected chi connectivity index (χ3v) is 7.76. The SMILES string of the molecule is CCCOc1ccc(C2NC(CCSC)(C(=O)O)C3C(=O)N(CCS(C)(=O)=O)C(=O)C23)cc1. The molecule has 2 heterocycles. The predicted molar refractivity (Wildman–Crippen MR) is 125 cm³/mol. The van der Waals surface area contributed by atoms with Crippen molar-refractivity contribution in [3.8, 4) is 5.75 Å². The highest BCUT2D eigenvalue weighted by atomic mass is 32.2. The highest BCUT2D eigenvalue weighted by molar-refractivity contribution is 7.98. The summed E-state index contributed by atoms with van der Waals surface area (Å²) in [5.74, 6) is -3.64. The number of hydrogen-bond acceptors (Lipinski definition) is 8. The Morgan fingerprint density at radius 1 is 1.24 bits per heavy atom. The molecule has 2 fully saturated rings. The normalized spacial score (nSPS) is 27.1. The summed E-state index contributed by atoms with van der Waals surface area (Å²) in [6, 6.07) is 6.35. The maximum atomic E-state index is 13.3. The molecule has 2 aliphatic rings. The van der Waals surface area contributed by atoms with Crippen LogP contribution >= 0.6 is 11.8 Å². The molecule has 0 saturated carbocycles. The van der Waals surface area contributed by atoms with E-state index in [0.29, 0.717) is 23.7 Å². The zero-order valence-corrected chi connectivity index (χ0v) is 20.6. The lowest BCUT2D eigenvalue weighted by Crippen LogP contribution is -2.56. The number of carboxylic acid groups (broad SMARTS) is 1. The number of nitrogens with one attached hydrogen (secondary N) is 1. The number of ether oxygens (including phenoxy) is 1. The lowest BCUT2D eigenvalue weighted by molar-refractivity contribution is -0.151. The van der Waals surface area contributed by atoms with Gasteiger partial charge in [0.05, 0.1) is 24.2 Å². The molecule has 4 unspecified atom stereocenters. The lowest BCUT2D eigenvalue weighted by Gasteiger charge is -2.31. The number of carboxylic acids is 1. The van der Waals surface area contributed by atoms with Crippen LogP contribution in [-0.2, 0) is 24.2 Å². The molecule has 0 bridgehead atoms. The molecule has 1 aromatic carbocycles. The van der Waals surface area contributed by atoms with Gasteiger partial charge >= 0.3 is 5.97 Å². The molecule has 1 aromatic rings. The molecule has 3 rings (SSSR count). The molecule has 33 heavy (non-hydrogen) atoms. The summed E-state index contributed by atoms with van der Waals surface area (Å²) in [6.45, 7) is 2.28. The average molecular weight is 499 g/mol. The number of thioether (sulfide) groups is 1. The fourth-order valence-electron chi connectivity index (χ4n) is 4.61. The van der Waals surface area contributed by atoms with E-state index in [2.05, 4.69) is 5.32 Å². The molecule has 0 radical (unpaired) electrons. The quantitative estimate of drug-likeness (QED) is 0.434. The molecular weight excluding hydrogens is 468 g/mol. The van der Waals surface area contributed by atoms with Crippen LogP contribution in [0.1, 0.15) is 31.4 Å². The summed E-state index contributed by atoms with van der Waals surface area (Å²) in [7, 11) is -3.41. The fourth-order valence-corrected chi connectivity index (χ4v) is 5.65. The molecule has 11 heteroatoms. The van der Waals surface area contributed by atoms with Crippen LogP contribution in [0.5, 0.6) is 5.75 Å². The Morgan fingerprint density at radius 3 is 2.45 bits per heavy atom. The zero-order chi connectivity index (χ0) is 24.4. The number of carbonyl (C=O) groups excluding carboxylic acids is 2.